The number of amidine groups is 1. The maximum Gasteiger partial charge on any atom is 0.192 e. The van der Waals surface area contributed by atoms with Gasteiger partial charge in [0.05, 0.1) is 11.7 Å². The lowest BCUT2D eigenvalue weighted by Crippen LogP contribution is -2.45. The van der Waals surface area contributed by atoms with Crippen LogP contribution in [0.5, 0.6) is 0 Å². The minimum atomic E-state index is -1.79. The molecule has 25 heavy (non-hydrogen) atoms. The highest BCUT2D eigenvalue weighted by molar-refractivity contribution is 6.74. The van der Waals surface area contributed by atoms with Crippen molar-refractivity contribution in [1.29, 1.82) is 0 Å². The Balaban J connectivity index is 2.14. The highest BCUT2D eigenvalue weighted by atomic mass is 28.4. The number of aryl methyl sites for hydroxylation is 1. The zero-order valence-corrected chi connectivity index (χ0v) is 17.8. The van der Waals surface area contributed by atoms with Crippen LogP contribution in [0.1, 0.15) is 52.7 Å². The molecular formula is C19H34N4OSi. The van der Waals surface area contributed by atoms with Crippen LogP contribution in [-0.4, -0.2) is 31.3 Å². The summed E-state index contributed by atoms with van der Waals surface area (Å²) < 4.78 is 6.66. The molecule has 0 bridgehead atoms. The second-order valence-electron chi connectivity index (χ2n) is 8.59. The van der Waals surface area contributed by atoms with Gasteiger partial charge in [0, 0.05) is 24.4 Å². The zero-order chi connectivity index (χ0) is 18.8. The fourth-order valence-corrected chi connectivity index (χ4v) is 4.36. The molecule has 2 heterocycles. The Kier molecular flexibility index (Phi) is 5.94. The van der Waals surface area contributed by atoms with Crippen LogP contribution in [0, 0.1) is 6.92 Å². The van der Waals surface area contributed by atoms with Gasteiger partial charge in [0.25, 0.3) is 0 Å². The normalized spacial score (nSPS) is 19.9. The largest absolute Gasteiger partial charge is 0.414 e. The number of anilines is 1. The second kappa shape index (κ2) is 7.46. The molecule has 5 nitrogen and oxygen atoms in total. The predicted octanol–water partition coefficient (Wildman–Crippen LogP) is 4.43. The summed E-state index contributed by atoms with van der Waals surface area (Å²) in [5.74, 6) is 0.696. The van der Waals surface area contributed by atoms with E-state index in [4.69, 9.17) is 10.2 Å². The van der Waals surface area contributed by atoms with Crippen molar-refractivity contribution in [3.8, 4) is 0 Å². The van der Waals surface area contributed by atoms with Gasteiger partial charge in [-0.15, -0.1) is 0 Å². The fourth-order valence-electron chi connectivity index (χ4n) is 2.91. The standard InChI is InChI=1S/C19H34N4OSi/c1-8-17(24-25(6,7)19(3,4)5)12-16-13-18(20)22-23(16)15-9-10-21-14(2)11-15/h9-11,16-17H,8,12-13H2,1-7H3,(H2,20,22)/t16?,17-/m1/s1. The Bertz CT molecular complexity index is 624. The first-order valence-corrected chi connectivity index (χ1v) is 12.2. The number of nitrogens with zero attached hydrogens (tertiary/aromatic N) is 3. The van der Waals surface area contributed by atoms with Crippen molar-refractivity contribution in [3.63, 3.8) is 0 Å². The molecule has 0 amide bonds. The molecule has 2 atom stereocenters. The maximum absolute atomic E-state index is 6.66. The first-order valence-electron chi connectivity index (χ1n) is 9.26. The molecule has 140 valence electrons. The van der Waals surface area contributed by atoms with E-state index in [1.54, 1.807) is 0 Å². The van der Waals surface area contributed by atoms with E-state index in [2.05, 4.69) is 61.9 Å². The molecule has 1 unspecified atom stereocenters. The Morgan fingerprint density at radius 3 is 2.64 bits per heavy atom. The van der Waals surface area contributed by atoms with E-state index < -0.39 is 8.32 Å². The fraction of sp³-hybridized carbons (Fsp3) is 0.684. The average molecular weight is 363 g/mol. The van der Waals surface area contributed by atoms with Gasteiger partial charge < -0.3 is 10.2 Å². The van der Waals surface area contributed by atoms with E-state index in [0.29, 0.717) is 5.84 Å². The summed E-state index contributed by atoms with van der Waals surface area (Å²) >= 11 is 0. The third-order valence-corrected chi connectivity index (χ3v) is 9.96. The summed E-state index contributed by atoms with van der Waals surface area (Å²) in [6.07, 6.45) is 4.80. The molecule has 0 aliphatic carbocycles. The topological polar surface area (TPSA) is 63.7 Å². The summed E-state index contributed by atoms with van der Waals surface area (Å²) in [5.41, 5.74) is 8.11. The van der Waals surface area contributed by atoms with Crippen molar-refractivity contribution in [2.24, 2.45) is 10.8 Å². The van der Waals surface area contributed by atoms with Crippen molar-refractivity contribution < 1.29 is 4.43 Å². The molecule has 1 aromatic rings. The van der Waals surface area contributed by atoms with Gasteiger partial charge in [0.1, 0.15) is 5.84 Å². The van der Waals surface area contributed by atoms with Crippen molar-refractivity contribution in [2.75, 3.05) is 5.01 Å². The van der Waals surface area contributed by atoms with Crippen molar-refractivity contribution >= 4 is 19.8 Å². The van der Waals surface area contributed by atoms with Crippen molar-refractivity contribution in [3.05, 3.63) is 24.0 Å². The van der Waals surface area contributed by atoms with E-state index in [9.17, 15) is 0 Å². The van der Waals surface area contributed by atoms with Crippen molar-refractivity contribution in [2.45, 2.75) is 84.2 Å². The van der Waals surface area contributed by atoms with Crippen LogP contribution in [-0.2, 0) is 4.43 Å². The quantitative estimate of drug-likeness (QED) is 0.760. The van der Waals surface area contributed by atoms with Gasteiger partial charge in [-0.3, -0.25) is 9.99 Å². The van der Waals surface area contributed by atoms with Crippen LogP contribution < -0.4 is 10.7 Å². The summed E-state index contributed by atoms with van der Waals surface area (Å²) in [7, 11) is -1.79. The molecule has 6 heteroatoms. The van der Waals surface area contributed by atoms with Crippen molar-refractivity contribution in [1.82, 2.24) is 4.98 Å². The van der Waals surface area contributed by atoms with Gasteiger partial charge in [0.2, 0.25) is 0 Å². The van der Waals surface area contributed by atoms with Crippen LogP contribution >= 0.6 is 0 Å². The second-order valence-corrected chi connectivity index (χ2v) is 13.3. The van der Waals surface area contributed by atoms with Gasteiger partial charge in [-0.25, -0.2) is 0 Å². The third kappa shape index (κ3) is 4.82. The molecule has 0 saturated carbocycles. The summed E-state index contributed by atoms with van der Waals surface area (Å²) in [6.45, 7) is 15.7. The molecular weight excluding hydrogens is 328 g/mol. The third-order valence-electron chi connectivity index (χ3n) is 5.43. The SMILES string of the molecule is CC[C@H](CC1CC(N)=NN1c1ccnc(C)c1)O[Si](C)(C)C(C)(C)C. The molecule has 0 radical (unpaired) electrons. The monoisotopic (exact) mass is 362 g/mol. The first kappa shape index (κ1) is 19.9. The molecule has 0 fully saturated rings. The molecule has 0 saturated heterocycles. The van der Waals surface area contributed by atoms with Crippen LogP contribution in [0.4, 0.5) is 5.69 Å². The highest BCUT2D eigenvalue weighted by Gasteiger charge is 2.40. The Labute approximate surface area is 153 Å². The van der Waals surface area contributed by atoms with Gasteiger partial charge in [-0.2, -0.15) is 5.10 Å². The van der Waals surface area contributed by atoms with E-state index in [0.717, 1.165) is 30.6 Å². The number of rotatable bonds is 6. The predicted molar refractivity (Wildman–Crippen MR) is 108 cm³/mol. The molecule has 1 aromatic heterocycles. The summed E-state index contributed by atoms with van der Waals surface area (Å²) in [4.78, 5) is 4.28. The average Bonchev–Trinajstić information content (AvgIpc) is 2.85. The number of hydrogen-bond acceptors (Lipinski definition) is 5. The smallest absolute Gasteiger partial charge is 0.192 e. The zero-order valence-electron chi connectivity index (χ0n) is 16.8. The molecule has 0 aromatic carbocycles. The molecule has 1 aliphatic heterocycles. The van der Waals surface area contributed by atoms with Crippen LogP contribution in [0.25, 0.3) is 0 Å². The minimum absolute atomic E-state index is 0.216. The molecule has 2 rings (SSSR count). The van der Waals surface area contributed by atoms with E-state index in [1.165, 1.54) is 0 Å². The summed E-state index contributed by atoms with van der Waals surface area (Å²) in [5, 5.41) is 6.84. The Hall–Kier alpha value is -1.40. The molecule has 1 aliphatic rings. The summed E-state index contributed by atoms with van der Waals surface area (Å²) in [6, 6.07) is 4.30. The van der Waals surface area contributed by atoms with Gasteiger partial charge in [-0.05, 0) is 50.0 Å². The highest BCUT2D eigenvalue weighted by Crippen LogP contribution is 2.38. The van der Waals surface area contributed by atoms with Gasteiger partial charge in [0.15, 0.2) is 8.32 Å². The minimum Gasteiger partial charge on any atom is -0.414 e. The van der Waals surface area contributed by atoms with Crippen LogP contribution in [0.15, 0.2) is 23.4 Å². The number of hydrogen-bond donors (Lipinski definition) is 1. The number of pyridine rings is 1. The molecule has 0 spiro atoms. The van der Waals surface area contributed by atoms with E-state index >= 15 is 0 Å². The lowest BCUT2D eigenvalue weighted by Gasteiger charge is -2.40. The van der Waals surface area contributed by atoms with E-state index in [-0.39, 0.29) is 17.2 Å². The lowest BCUT2D eigenvalue weighted by atomic mass is 10.0. The van der Waals surface area contributed by atoms with Gasteiger partial charge in [-0.1, -0.05) is 27.7 Å². The number of hydrazone groups is 1. The Morgan fingerprint density at radius 2 is 2.08 bits per heavy atom. The van der Waals surface area contributed by atoms with Crippen LogP contribution in [0.3, 0.4) is 0 Å². The molecule has 2 N–H and O–H groups in total. The first-order chi connectivity index (χ1) is 11.5. The maximum atomic E-state index is 6.66. The number of aromatic nitrogens is 1. The van der Waals surface area contributed by atoms with Gasteiger partial charge >= 0.3 is 0 Å². The van der Waals surface area contributed by atoms with Crippen LogP contribution in [0.2, 0.25) is 18.1 Å². The Morgan fingerprint density at radius 1 is 1.40 bits per heavy atom. The van der Waals surface area contributed by atoms with E-state index in [1.807, 2.05) is 19.2 Å². The lowest BCUT2D eigenvalue weighted by molar-refractivity contribution is 0.158. The number of nitrogens with two attached hydrogens (primary N) is 1.